The van der Waals surface area contributed by atoms with Crippen molar-refractivity contribution in [3.05, 3.63) is 60.4 Å². The molecule has 1 aromatic carbocycles. The molecule has 0 aliphatic carbocycles. The number of aromatic nitrogens is 2. The third-order valence-electron chi connectivity index (χ3n) is 3.92. The summed E-state index contributed by atoms with van der Waals surface area (Å²) in [6.07, 6.45) is 4.57. The van der Waals surface area contributed by atoms with Gasteiger partial charge in [0.05, 0.1) is 12.2 Å². The minimum atomic E-state index is -0.357. The lowest BCUT2D eigenvalue weighted by molar-refractivity contribution is 0.0528. The highest BCUT2D eigenvalue weighted by molar-refractivity contribution is 7.80. The molecule has 0 bridgehead atoms. The number of thiophene rings is 1. The SMILES string of the molecule is CCOC(=O)c1cc(-c2ccccc2)sc1NC(=S)NCCCn1cccn1. The number of nitrogens with one attached hydrogen (secondary N) is 2. The average Bonchev–Trinajstić information content (AvgIpc) is 3.36. The van der Waals surface area contributed by atoms with Gasteiger partial charge in [-0.1, -0.05) is 30.3 Å². The molecule has 0 saturated heterocycles. The number of nitrogens with zero attached hydrogens (tertiary/aromatic N) is 2. The van der Waals surface area contributed by atoms with Crippen LogP contribution in [0, 0.1) is 0 Å². The van der Waals surface area contributed by atoms with Crippen molar-refractivity contribution in [3.63, 3.8) is 0 Å². The van der Waals surface area contributed by atoms with Gasteiger partial charge >= 0.3 is 5.97 Å². The molecule has 0 radical (unpaired) electrons. The second-order valence-corrected chi connectivity index (χ2v) is 7.40. The number of anilines is 1. The van der Waals surface area contributed by atoms with Gasteiger partial charge in [0.25, 0.3) is 0 Å². The number of hydrogen-bond acceptors (Lipinski definition) is 5. The largest absolute Gasteiger partial charge is 0.462 e. The van der Waals surface area contributed by atoms with Crippen molar-refractivity contribution in [3.8, 4) is 10.4 Å². The number of benzene rings is 1. The average molecular weight is 415 g/mol. The summed E-state index contributed by atoms with van der Waals surface area (Å²) in [4.78, 5) is 13.3. The predicted molar refractivity (Wildman–Crippen MR) is 117 cm³/mol. The van der Waals surface area contributed by atoms with E-state index >= 15 is 0 Å². The zero-order valence-electron chi connectivity index (χ0n) is 15.6. The van der Waals surface area contributed by atoms with E-state index in [0.29, 0.717) is 28.8 Å². The summed E-state index contributed by atoms with van der Waals surface area (Å²) in [7, 11) is 0. The summed E-state index contributed by atoms with van der Waals surface area (Å²) in [5.41, 5.74) is 1.54. The van der Waals surface area contributed by atoms with Gasteiger partial charge in [0.2, 0.25) is 0 Å². The van der Waals surface area contributed by atoms with Crippen LogP contribution in [0.3, 0.4) is 0 Å². The molecule has 2 N–H and O–H groups in total. The van der Waals surface area contributed by atoms with E-state index in [1.807, 2.05) is 53.3 Å². The van der Waals surface area contributed by atoms with Gasteiger partial charge in [-0.2, -0.15) is 5.10 Å². The van der Waals surface area contributed by atoms with Crippen molar-refractivity contribution in [1.82, 2.24) is 15.1 Å². The fourth-order valence-electron chi connectivity index (χ4n) is 2.61. The number of esters is 1. The Bertz CT molecular complexity index is 908. The number of thiocarbonyl (C=S) groups is 1. The third-order valence-corrected chi connectivity index (χ3v) is 5.27. The molecule has 0 atom stereocenters. The van der Waals surface area contributed by atoms with Crippen LogP contribution in [0.5, 0.6) is 0 Å². The zero-order valence-corrected chi connectivity index (χ0v) is 17.2. The Labute approximate surface area is 173 Å². The number of rotatable bonds is 8. The van der Waals surface area contributed by atoms with Crippen molar-refractivity contribution in [2.75, 3.05) is 18.5 Å². The Kier molecular flexibility index (Phi) is 7.16. The van der Waals surface area contributed by atoms with Crippen molar-refractivity contribution in [2.45, 2.75) is 19.9 Å². The molecule has 0 unspecified atom stereocenters. The van der Waals surface area contributed by atoms with Crippen LogP contribution < -0.4 is 10.6 Å². The number of ether oxygens (including phenoxy) is 1. The van der Waals surface area contributed by atoms with Crippen LogP contribution in [0.1, 0.15) is 23.7 Å². The highest BCUT2D eigenvalue weighted by Gasteiger charge is 2.18. The van der Waals surface area contributed by atoms with Crippen LogP contribution in [-0.4, -0.2) is 34.0 Å². The lowest BCUT2D eigenvalue weighted by Crippen LogP contribution is -2.30. The molecular weight excluding hydrogens is 392 g/mol. The number of hydrogen-bond donors (Lipinski definition) is 2. The van der Waals surface area contributed by atoms with E-state index in [9.17, 15) is 4.79 Å². The van der Waals surface area contributed by atoms with E-state index in [-0.39, 0.29) is 5.97 Å². The van der Waals surface area contributed by atoms with Crippen LogP contribution in [0.2, 0.25) is 0 Å². The van der Waals surface area contributed by atoms with Gasteiger partial charge in [-0.15, -0.1) is 11.3 Å². The first-order valence-corrected chi connectivity index (χ1v) is 10.3. The minimum absolute atomic E-state index is 0.324. The maximum absolute atomic E-state index is 12.4. The maximum Gasteiger partial charge on any atom is 0.341 e. The topological polar surface area (TPSA) is 68.2 Å². The van der Waals surface area contributed by atoms with Gasteiger partial charge in [0.15, 0.2) is 5.11 Å². The molecule has 0 fully saturated rings. The molecule has 0 amide bonds. The van der Waals surface area contributed by atoms with Crippen LogP contribution in [0.4, 0.5) is 5.00 Å². The Morgan fingerprint density at radius 2 is 2.11 bits per heavy atom. The molecule has 146 valence electrons. The fourth-order valence-corrected chi connectivity index (χ4v) is 3.94. The van der Waals surface area contributed by atoms with Crippen LogP contribution in [-0.2, 0) is 11.3 Å². The highest BCUT2D eigenvalue weighted by atomic mass is 32.1. The van der Waals surface area contributed by atoms with Crippen molar-refractivity contribution in [2.24, 2.45) is 0 Å². The molecule has 3 aromatic rings. The Morgan fingerprint density at radius 1 is 1.29 bits per heavy atom. The number of aryl methyl sites for hydroxylation is 1. The molecule has 0 spiro atoms. The van der Waals surface area contributed by atoms with E-state index in [4.69, 9.17) is 17.0 Å². The Balaban J connectivity index is 1.64. The summed E-state index contributed by atoms with van der Waals surface area (Å²) in [5, 5.41) is 11.7. The minimum Gasteiger partial charge on any atom is -0.462 e. The standard InChI is InChI=1S/C20H22N4O2S2/c1-2-26-19(25)16-14-17(15-8-4-3-5-9-15)28-18(16)23-20(27)21-10-6-12-24-13-7-11-22-24/h3-5,7-9,11,13-14H,2,6,10,12H2,1H3,(H2,21,23,27). The monoisotopic (exact) mass is 414 g/mol. The molecule has 6 nitrogen and oxygen atoms in total. The molecule has 8 heteroatoms. The van der Waals surface area contributed by atoms with Gasteiger partial charge in [-0.05, 0) is 43.3 Å². The van der Waals surface area contributed by atoms with Crippen LogP contribution in [0.25, 0.3) is 10.4 Å². The lowest BCUT2D eigenvalue weighted by Gasteiger charge is -2.10. The van der Waals surface area contributed by atoms with Gasteiger partial charge in [0, 0.05) is 30.4 Å². The predicted octanol–water partition coefficient (Wildman–Crippen LogP) is 4.17. The molecule has 0 saturated carbocycles. The van der Waals surface area contributed by atoms with E-state index in [1.54, 1.807) is 13.1 Å². The quantitative estimate of drug-likeness (QED) is 0.328. The second kappa shape index (κ2) is 10.0. The first-order chi connectivity index (χ1) is 13.7. The molecule has 2 aromatic heterocycles. The van der Waals surface area contributed by atoms with Crippen molar-refractivity contribution < 1.29 is 9.53 Å². The molecule has 2 heterocycles. The second-order valence-electron chi connectivity index (χ2n) is 5.94. The van der Waals surface area contributed by atoms with Gasteiger partial charge in [0.1, 0.15) is 5.00 Å². The van der Waals surface area contributed by atoms with Crippen LogP contribution >= 0.6 is 23.6 Å². The highest BCUT2D eigenvalue weighted by Crippen LogP contribution is 2.35. The Hall–Kier alpha value is -2.71. The van der Waals surface area contributed by atoms with Crippen molar-refractivity contribution >= 4 is 39.6 Å². The van der Waals surface area contributed by atoms with Crippen molar-refractivity contribution in [1.29, 1.82) is 0 Å². The lowest BCUT2D eigenvalue weighted by atomic mass is 10.1. The van der Waals surface area contributed by atoms with Gasteiger partial charge < -0.3 is 15.4 Å². The van der Waals surface area contributed by atoms with Crippen LogP contribution in [0.15, 0.2) is 54.9 Å². The van der Waals surface area contributed by atoms with Gasteiger partial charge in [-0.25, -0.2) is 4.79 Å². The normalized spacial score (nSPS) is 10.5. The van der Waals surface area contributed by atoms with E-state index in [1.165, 1.54) is 11.3 Å². The first kappa shape index (κ1) is 20.0. The van der Waals surface area contributed by atoms with Gasteiger partial charge in [-0.3, -0.25) is 4.68 Å². The first-order valence-electron chi connectivity index (χ1n) is 9.06. The smallest absolute Gasteiger partial charge is 0.341 e. The molecule has 0 aliphatic rings. The summed E-state index contributed by atoms with van der Waals surface area (Å²) in [6, 6.07) is 13.7. The summed E-state index contributed by atoms with van der Waals surface area (Å²) in [5.74, 6) is -0.357. The molecule has 3 rings (SSSR count). The molecule has 0 aliphatic heterocycles. The van der Waals surface area contributed by atoms with E-state index < -0.39 is 0 Å². The fraction of sp³-hybridized carbons (Fsp3) is 0.250. The Morgan fingerprint density at radius 3 is 2.82 bits per heavy atom. The molecule has 28 heavy (non-hydrogen) atoms. The maximum atomic E-state index is 12.4. The third kappa shape index (κ3) is 5.40. The summed E-state index contributed by atoms with van der Waals surface area (Å²) in [6.45, 7) is 3.64. The molecular formula is C20H22N4O2S2. The number of carbonyl (C=O) groups excluding carboxylic acids is 1. The zero-order chi connectivity index (χ0) is 19.8. The van der Waals surface area contributed by atoms with E-state index in [0.717, 1.165) is 23.4 Å². The summed E-state index contributed by atoms with van der Waals surface area (Å²) >= 11 is 6.87. The number of carbonyl (C=O) groups is 1. The summed E-state index contributed by atoms with van der Waals surface area (Å²) < 4.78 is 7.07. The van der Waals surface area contributed by atoms with E-state index in [2.05, 4.69) is 15.7 Å².